The van der Waals surface area contributed by atoms with Gasteiger partial charge in [-0.25, -0.2) is 15.0 Å². The van der Waals surface area contributed by atoms with Crippen LogP contribution in [0.2, 0.25) is 0 Å². The maximum absolute atomic E-state index is 13.1. The van der Waals surface area contributed by atoms with Gasteiger partial charge in [-0.2, -0.15) is 5.10 Å². The number of nitrogens with zero attached hydrogens (tertiary/aromatic N) is 1. The molecule has 40 heavy (non-hydrogen) atoms. The van der Waals surface area contributed by atoms with Crippen LogP contribution in [0.4, 0.5) is 16.2 Å². The Bertz CT molecular complexity index is 1420. The highest BCUT2D eigenvalue weighted by atomic mass is 16.5. The molecule has 0 bridgehead atoms. The van der Waals surface area contributed by atoms with E-state index in [1.165, 1.54) is 31.5 Å². The van der Waals surface area contributed by atoms with Crippen LogP contribution < -0.4 is 16.1 Å². The predicted octanol–water partition coefficient (Wildman–Crippen LogP) is 5.36. The molecule has 0 saturated carbocycles. The maximum Gasteiger partial charge on any atom is 0.427 e. The summed E-state index contributed by atoms with van der Waals surface area (Å²) in [5.41, 5.74) is 5.19. The zero-order chi connectivity index (χ0) is 29.3. The molecule has 3 amide bonds. The van der Waals surface area contributed by atoms with E-state index in [1.807, 2.05) is 12.1 Å². The first kappa shape index (κ1) is 29.6. The van der Waals surface area contributed by atoms with E-state index in [4.69, 9.17) is 9.47 Å². The standard InChI is InChI=1S/C30H32N4O6/c1-6-40-29(38)34-31-18-19-8-7-9-21(16-19)27(36)32-24-15-12-22(28(37)39-5)17-25(24)33-26(35)20-10-13-23(14-11-20)30(2,3)4/h7-18H,6H2,1-5H3,(H,32,36)(H,33,35)(H,34,38). The number of benzene rings is 3. The Morgan fingerprint density at radius 2 is 1.48 bits per heavy atom. The molecule has 0 radical (unpaired) electrons. The van der Waals surface area contributed by atoms with Crippen LogP contribution in [0.3, 0.4) is 0 Å². The van der Waals surface area contributed by atoms with E-state index >= 15 is 0 Å². The number of hydrogen-bond donors (Lipinski definition) is 3. The lowest BCUT2D eigenvalue weighted by Gasteiger charge is -2.19. The third-order valence-electron chi connectivity index (χ3n) is 5.74. The number of methoxy groups -OCH3 is 1. The van der Waals surface area contributed by atoms with Gasteiger partial charge in [0.15, 0.2) is 0 Å². The summed E-state index contributed by atoms with van der Waals surface area (Å²) in [4.78, 5) is 49.7. The molecule has 3 aromatic rings. The smallest absolute Gasteiger partial charge is 0.427 e. The van der Waals surface area contributed by atoms with Crippen molar-refractivity contribution in [3.63, 3.8) is 0 Å². The Labute approximate surface area is 232 Å². The summed E-state index contributed by atoms with van der Waals surface area (Å²) in [5.74, 6) is -1.47. The number of carbonyl (C=O) groups excluding carboxylic acids is 4. The largest absolute Gasteiger partial charge is 0.465 e. The molecule has 0 unspecified atom stereocenters. The van der Waals surface area contributed by atoms with Crippen molar-refractivity contribution in [2.45, 2.75) is 33.1 Å². The molecule has 10 heteroatoms. The quantitative estimate of drug-likeness (QED) is 0.199. The molecule has 0 aliphatic carbocycles. The Morgan fingerprint density at radius 3 is 2.12 bits per heavy atom. The van der Waals surface area contributed by atoms with Crippen molar-refractivity contribution in [1.29, 1.82) is 0 Å². The highest BCUT2D eigenvalue weighted by Crippen LogP contribution is 2.26. The van der Waals surface area contributed by atoms with Crippen molar-refractivity contribution in [2.75, 3.05) is 24.4 Å². The van der Waals surface area contributed by atoms with Gasteiger partial charge in [0.25, 0.3) is 11.8 Å². The van der Waals surface area contributed by atoms with Gasteiger partial charge in [-0.15, -0.1) is 0 Å². The normalized spacial score (nSPS) is 11.0. The van der Waals surface area contributed by atoms with E-state index in [0.717, 1.165) is 5.56 Å². The molecule has 0 atom stereocenters. The van der Waals surface area contributed by atoms with Gasteiger partial charge < -0.3 is 20.1 Å². The van der Waals surface area contributed by atoms with Crippen LogP contribution in [0.25, 0.3) is 0 Å². The van der Waals surface area contributed by atoms with Crippen molar-refractivity contribution in [1.82, 2.24) is 5.43 Å². The molecule has 3 aromatic carbocycles. The van der Waals surface area contributed by atoms with Crippen molar-refractivity contribution >= 4 is 41.5 Å². The van der Waals surface area contributed by atoms with Gasteiger partial charge in [0.2, 0.25) is 0 Å². The molecule has 0 aromatic heterocycles. The Balaban J connectivity index is 1.83. The molecular formula is C30H32N4O6. The number of ether oxygens (including phenoxy) is 2. The first-order chi connectivity index (χ1) is 19.0. The lowest BCUT2D eigenvalue weighted by atomic mass is 9.87. The number of hydrogen-bond acceptors (Lipinski definition) is 7. The van der Waals surface area contributed by atoms with E-state index in [0.29, 0.717) is 16.7 Å². The van der Waals surface area contributed by atoms with Gasteiger partial charge in [-0.05, 0) is 65.9 Å². The number of nitrogens with one attached hydrogen (secondary N) is 3. The minimum absolute atomic E-state index is 0.0676. The Morgan fingerprint density at radius 1 is 0.825 bits per heavy atom. The number of anilines is 2. The van der Waals surface area contributed by atoms with Crippen LogP contribution in [-0.4, -0.2) is 43.8 Å². The molecule has 3 rings (SSSR count). The average Bonchev–Trinajstić information content (AvgIpc) is 2.93. The van der Waals surface area contributed by atoms with Gasteiger partial charge in [0.1, 0.15) is 0 Å². The maximum atomic E-state index is 13.1. The van der Waals surface area contributed by atoms with E-state index in [-0.39, 0.29) is 29.0 Å². The minimum Gasteiger partial charge on any atom is -0.465 e. The predicted molar refractivity (Wildman–Crippen MR) is 153 cm³/mol. The van der Waals surface area contributed by atoms with Crippen LogP contribution >= 0.6 is 0 Å². The van der Waals surface area contributed by atoms with Crippen LogP contribution in [-0.2, 0) is 14.9 Å². The number of esters is 1. The molecular weight excluding hydrogens is 512 g/mol. The number of amides is 3. The summed E-state index contributed by atoms with van der Waals surface area (Å²) in [6.07, 6.45) is 0.679. The van der Waals surface area contributed by atoms with Crippen molar-refractivity contribution in [2.24, 2.45) is 5.10 Å². The fourth-order valence-electron chi connectivity index (χ4n) is 3.60. The van der Waals surface area contributed by atoms with Crippen molar-refractivity contribution in [3.05, 3.63) is 94.5 Å². The molecule has 208 valence electrons. The monoisotopic (exact) mass is 544 g/mol. The molecule has 3 N–H and O–H groups in total. The van der Waals surface area contributed by atoms with Crippen LogP contribution in [0.5, 0.6) is 0 Å². The van der Waals surface area contributed by atoms with E-state index in [1.54, 1.807) is 43.3 Å². The van der Waals surface area contributed by atoms with Gasteiger partial charge in [-0.3, -0.25) is 9.59 Å². The minimum atomic E-state index is -0.692. The molecule has 0 aliphatic heterocycles. The third-order valence-corrected chi connectivity index (χ3v) is 5.74. The summed E-state index contributed by atoms with van der Waals surface area (Å²) in [6.45, 7) is 8.13. The number of hydrazone groups is 1. The molecule has 0 saturated heterocycles. The zero-order valence-electron chi connectivity index (χ0n) is 23.0. The number of carbonyl (C=O) groups is 4. The van der Waals surface area contributed by atoms with Crippen molar-refractivity contribution < 1.29 is 28.7 Å². The fraction of sp³-hybridized carbons (Fsp3) is 0.233. The second kappa shape index (κ2) is 13.2. The topological polar surface area (TPSA) is 135 Å². The lowest BCUT2D eigenvalue weighted by molar-refractivity contribution is 0.0600. The molecule has 0 spiro atoms. The molecule has 0 fully saturated rings. The van der Waals surface area contributed by atoms with E-state index in [2.05, 4.69) is 41.9 Å². The van der Waals surface area contributed by atoms with Crippen LogP contribution in [0.1, 0.15) is 69.9 Å². The average molecular weight is 545 g/mol. The van der Waals surface area contributed by atoms with Gasteiger partial charge in [0, 0.05) is 11.1 Å². The lowest BCUT2D eigenvalue weighted by Crippen LogP contribution is -2.19. The van der Waals surface area contributed by atoms with Gasteiger partial charge in [0.05, 0.1) is 36.9 Å². The Kier molecular flexibility index (Phi) is 9.75. The second-order valence-electron chi connectivity index (χ2n) is 9.70. The first-order valence-corrected chi connectivity index (χ1v) is 12.5. The number of rotatable bonds is 8. The molecule has 0 heterocycles. The summed E-state index contributed by atoms with van der Waals surface area (Å²) in [6, 6.07) is 18.2. The summed E-state index contributed by atoms with van der Waals surface area (Å²) < 4.78 is 9.54. The van der Waals surface area contributed by atoms with E-state index < -0.39 is 23.9 Å². The Hall–Kier alpha value is -4.99. The SMILES string of the molecule is CCOC(=O)NN=Cc1cccc(C(=O)Nc2ccc(C(=O)OC)cc2NC(=O)c2ccc(C(C)(C)C)cc2)c1. The van der Waals surface area contributed by atoms with Gasteiger partial charge in [-0.1, -0.05) is 45.0 Å². The van der Waals surface area contributed by atoms with E-state index in [9.17, 15) is 19.2 Å². The van der Waals surface area contributed by atoms with Crippen LogP contribution in [0.15, 0.2) is 71.8 Å². The van der Waals surface area contributed by atoms with Gasteiger partial charge >= 0.3 is 12.1 Å². The molecule has 0 aliphatic rings. The highest BCUT2D eigenvalue weighted by Gasteiger charge is 2.18. The summed E-state index contributed by atoms with van der Waals surface area (Å²) in [7, 11) is 1.26. The third kappa shape index (κ3) is 8.00. The van der Waals surface area contributed by atoms with Crippen molar-refractivity contribution in [3.8, 4) is 0 Å². The zero-order valence-corrected chi connectivity index (χ0v) is 23.0. The molecule has 10 nitrogen and oxygen atoms in total. The second-order valence-corrected chi connectivity index (χ2v) is 9.70. The van der Waals surface area contributed by atoms with Crippen LogP contribution in [0, 0.1) is 0 Å². The summed E-state index contributed by atoms with van der Waals surface area (Å²) in [5, 5.41) is 9.36. The highest BCUT2D eigenvalue weighted by molar-refractivity contribution is 6.11. The first-order valence-electron chi connectivity index (χ1n) is 12.5. The fourth-order valence-corrected chi connectivity index (χ4v) is 3.60. The summed E-state index contributed by atoms with van der Waals surface area (Å²) >= 11 is 0.